The number of hydrazine groups is 1. The maximum atomic E-state index is 12.8. The maximum Gasteiger partial charge on any atom is 0.273 e. The first-order valence-corrected chi connectivity index (χ1v) is 9.95. The van der Waals surface area contributed by atoms with Crippen LogP contribution < -0.4 is 10.9 Å². The van der Waals surface area contributed by atoms with E-state index >= 15 is 0 Å². The van der Waals surface area contributed by atoms with E-state index in [1.54, 1.807) is 24.3 Å². The van der Waals surface area contributed by atoms with Crippen molar-refractivity contribution in [3.8, 4) is 0 Å². The van der Waals surface area contributed by atoms with Gasteiger partial charge in [-0.05, 0) is 38.0 Å². The lowest BCUT2D eigenvalue weighted by Gasteiger charge is -2.29. The van der Waals surface area contributed by atoms with Gasteiger partial charge in [0.15, 0.2) is 0 Å². The van der Waals surface area contributed by atoms with Crippen molar-refractivity contribution in [3.63, 3.8) is 0 Å². The summed E-state index contributed by atoms with van der Waals surface area (Å²) in [7, 11) is 0. The van der Waals surface area contributed by atoms with E-state index in [9.17, 15) is 9.59 Å². The number of carbonyl (C=O) groups is 2. The molecule has 2 amide bonds. The molecular weight excluding hydrogens is 362 g/mol. The molecule has 1 aliphatic carbocycles. The Bertz CT molecular complexity index is 945. The highest BCUT2D eigenvalue weighted by Crippen LogP contribution is 2.40. The standard InChI is InChI=1S/C20H21N3O3S/c1-12-13(10-11-26-12)18(24)22-23-19(25)14-6-2-3-7-15(14)20-21-16-8-4-5-9-17(16)27-20/h4-5,8-11,14-15H,2-3,6-7H2,1H3,(H,22,24)(H,23,25). The van der Waals surface area contributed by atoms with Crippen LogP contribution in [-0.4, -0.2) is 16.8 Å². The number of benzene rings is 1. The summed E-state index contributed by atoms with van der Waals surface area (Å²) in [6.07, 6.45) is 5.29. The number of rotatable bonds is 3. The highest BCUT2D eigenvalue weighted by atomic mass is 32.1. The molecule has 27 heavy (non-hydrogen) atoms. The molecule has 1 aromatic carbocycles. The number of fused-ring (bicyclic) bond motifs is 1. The fraction of sp³-hybridized carbons (Fsp3) is 0.350. The number of thiazole rings is 1. The summed E-state index contributed by atoms with van der Waals surface area (Å²) in [5.74, 6) is -0.115. The molecule has 6 nitrogen and oxygen atoms in total. The van der Waals surface area contributed by atoms with E-state index < -0.39 is 0 Å². The van der Waals surface area contributed by atoms with E-state index in [0.717, 1.165) is 40.9 Å². The molecule has 2 unspecified atom stereocenters. The van der Waals surface area contributed by atoms with Gasteiger partial charge in [-0.1, -0.05) is 25.0 Å². The third-order valence-corrected chi connectivity index (χ3v) is 6.30. The SMILES string of the molecule is Cc1occc1C(=O)NNC(=O)C1CCCCC1c1nc2ccccc2s1. The second-order valence-electron chi connectivity index (χ2n) is 6.85. The van der Waals surface area contributed by atoms with Crippen molar-refractivity contribution in [1.82, 2.24) is 15.8 Å². The van der Waals surface area contributed by atoms with Gasteiger partial charge < -0.3 is 4.42 Å². The molecule has 7 heteroatoms. The van der Waals surface area contributed by atoms with Crippen molar-refractivity contribution in [1.29, 1.82) is 0 Å². The number of furan rings is 1. The molecule has 2 N–H and O–H groups in total. The zero-order valence-electron chi connectivity index (χ0n) is 15.0. The van der Waals surface area contributed by atoms with E-state index in [-0.39, 0.29) is 23.7 Å². The lowest BCUT2D eigenvalue weighted by atomic mass is 9.79. The summed E-state index contributed by atoms with van der Waals surface area (Å²) in [5.41, 5.74) is 6.50. The van der Waals surface area contributed by atoms with E-state index in [0.29, 0.717) is 11.3 Å². The van der Waals surface area contributed by atoms with Gasteiger partial charge in [0, 0.05) is 11.8 Å². The van der Waals surface area contributed by atoms with E-state index in [1.807, 2.05) is 18.2 Å². The van der Waals surface area contributed by atoms with Crippen LogP contribution in [0.25, 0.3) is 10.2 Å². The van der Waals surface area contributed by atoms with E-state index in [4.69, 9.17) is 9.40 Å². The van der Waals surface area contributed by atoms with Crippen molar-refractivity contribution in [3.05, 3.63) is 52.9 Å². The minimum absolute atomic E-state index is 0.0868. The van der Waals surface area contributed by atoms with Crippen LogP contribution in [0.4, 0.5) is 0 Å². The smallest absolute Gasteiger partial charge is 0.273 e. The monoisotopic (exact) mass is 383 g/mol. The lowest BCUT2D eigenvalue weighted by molar-refractivity contribution is -0.127. The summed E-state index contributed by atoms with van der Waals surface area (Å²) in [6.45, 7) is 1.71. The number of para-hydroxylation sites is 1. The number of nitrogens with one attached hydrogen (secondary N) is 2. The van der Waals surface area contributed by atoms with Crippen LogP contribution in [-0.2, 0) is 4.79 Å². The van der Waals surface area contributed by atoms with Crippen molar-refractivity contribution >= 4 is 33.4 Å². The van der Waals surface area contributed by atoms with Crippen LogP contribution in [0.3, 0.4) is 0 Å². The quantitative estimate of drug-likeness (QED) is 0.671. The second kappa shape index (κ2) is 7.52. The van der Waals surface area contributed by atoms with E-state index in [2.05, 4.69) is 16.9 Å². The second-order valence-corrected chi connectivity index (χ2v) is 7.91. The molecule has 140 valence electrons. The normalized spacial score (nSPS) is 19.7. The van der Waals surface area contributed by atoms with Gasteiger partial charge in [0.1, 0.15) is 5.76 Å². The largest absolute Gasteiger partial charge is 0.469 e. The van der Waals surface area contributed by atoms with Crippen LogP contribution in [0.15, 0.2) is 41.0 Å². The number of aryl methyl sites for hydroxylation is 1. The third kappa shape index (κ3) is 3.60. The van der Waals surface area contributed by atoms with Crippen molar-refractivity contribution in [2.75, 3.05) is 0 Å². The summed E-state index contributed by atoms with van der Waals surface area (Å²) in [6, 6.07) is 9.62. The topological polar surface area (TPSA) is 84.2 Å². The van der Waals surface area contributed by atoms with Crippen molar-refractivity contribution in [2.45, 2.75) is 38.5 Å². The van der Waals surface area contributed by atoms with Crippen LogP contribution >= 0.6 is 11.3 Å². The Morgan fingerprint density at radius 1 is 1.15 bits per heavy atom. The number of carbonyl (C=O) groups excluding carboxylic acids is 2. The molecule has 0 bridgehead atoms. The summed E-state index contributed by atoms with van der Waals surface area (Å²) in [5, 5.41) is 1.01. The Morgan fingerprint density at radius 3 is 2.74 bits per heavy atom. The third-order valence-electron chi connectivity index (χ3n) is 5.13. The highest BCUT2D eigenvalue weighted by Gasteiger charge is 2.34. The number of aromatic nitrogens is 1. The fourth-order valence-corrected chi connectivity index (χ4v) is 4.86. The molecule has 1 aliphatic rings. The van der Waals surface area contributed by atoms with Gasteiger partial charge >= 0.3 is 0 Å². The molecule has 0 spiro atoms. The Hall–Kier alpha value is -2.67. The first kappa shape index (κ1) is 17.7. The zero-order chi connectivity index (χ0) is 18.8. The molecule has 2 atom stereocenters. The van der Waals surface area contributed by atoms with Crippen molar-refractivity contribution < 1.29 is 14.0 Å². The Kier molecular flexibility index (Phi) is 4.94. The predicted molar refractivity (Wildman–Crippen MR) is 103 cm³/mol. The zero-order valence-corrected chi connectivity index (χ0v) is 15.8. The van der Waals surface area contributed by atoms with Crippen LogP contribution in [0.1, 0.15) is 52.7 Å². The molecule has 4 rings (SSSR count). The van der Waals surface area contributed by atoms with E-state index in [1.165, 1.54) is 6.26 Å². The molecule has 1 fully saturated rings. The molecule has 2 heterocycles. The molecule has 0 radical (unpaired) electrons. The molecule has 3 aromatic rings. The number of hydrogen-bond donors (Lipinski definition) is 2. The van der Waals surface area contributed by atoms with Gasteiger partial charge in [-0.2, -0.15) is 0 Å². The first-order chi connectivity index (χ1) is 13.1. The average Bonchev–Trinajstić information content (AvgIpc) is 3.31. The molecule has 0 aliphatic heterocycles. The van der Waals surface area contributed by atoms with Crippen molar-refractivity contribution in [2.24, 2.45) is 5.92 Å². The maximum absolute atomic E-state index is 12.8. The van der Waals surface area contributed by atoms with Crippen LogP contribution in [0.5, 0.6) is 0 Å². The van der Waals surface area contributed by atoms with Gasteiger partial charge in [-0.3, -0.25) is 20.4 Å². The van der Waals surface area contributed by atoms with Crippen LogP contribution in [0, 0.1) is 12.8 Å². The van der Waals surface area contributed by atoms with Gasteiger partial charge in [0.05, 0.1) is 27.1 Å². The highest BCUT2D eigenvalue weighted by molar-refractivity contribution is 7.18. The number of nitrogens with zero attached hydrogens (tertiary/aromatic N) is 1. The van der Waals surface area contributed by atoms with Crippen LogP contribution in [0.2, 0.25) is 0 Å². The van der Waals surface area contributed by atoms with Gasteiger partial charge in [-0.15, -0.1) is 11.3 Å². The minimum Gasteiger partial charge on any atom is -0.469 e. The van der Waals surface area contributed by atoms with Gasteiger partial charge in [-0.25, -0.2) is 4.98 Å². The Labute approximate surface area is 160 Å². The average molecular weight is 383 g/mol. The summed E-state index contributed by atoms with van der Waals surface area (Å²) in [4.78, 5) is 29.7. The Morgan fingerprint density at radius 2 is 1.96 bits per heavy atom. The minimum atomic E-state index is -0.373. The molecular formula is C20H21N3O3S. The molecule has 1 saturated carbocycles. The van der Waals surface area contributed by atoms with Gasteiger partial charge in [0.2, 0.25) is 5.91 Å². The summed E-state index contributed by atoms with van der Waals surface area (Å²) < 4.78 is 6.27. The fourth-order valence-electron chi connectivity index (χ4n) is 3.69. The summed E-state index contributed by atoms with van der Waals surface area (Å²) >= 11 is 1.66. The van der Waals surface area contributed by atoms with Gasteiger partial charge in [0.25, 0.3) is 5.91 Å². The first-order valence-electron chi connectivity index (χ1n) is 9.13. The molecule has 0 saturated heterocycles. The predicted octanol–water partition coefficient (Wildman–Crippen LogP) is 3.93. The number of amides is 2. The molecule has 2 aromatic heterocycles. The Balaban J connectivity index is 1.47. The number of hydrogen-bond acceptors (Lipinski definition) is 5. The lowest BCUT2D eigenvalue weighted by Crippen LogP contribution is -2.46.